The van der Waals surface area contributed by atoms with Crippen molar-refractivity contribution < 1.29 is 6.15 Å². The Hall–Kier alpha value is -1.16. The summed E-state index contributed by atoms with van der Waals surface area (Å²) in [6.07, 6.45) is 9.16. The monoisotopic (exact) mass is 504 g/mol. The molecule has 0 radical (unpaired) electrons. The quantitative estimate of drug-likeness (QED) is 0.277. The van der Waals surface area contributed by atoms with E-state index in [0.29, 0.717) is 0 Å². The van der Waals surface area contributed by atoms with Crippen LogP contribution < -0.4 is 6.15 Å². The summed E-state index contributed by atoms with van der Waals surface area (Å²) >= 11 is -3.24. The molecule has 0 atom stereocenters. The Balaban J connectivity index is 2.25. The first kappa shape index (κ1) is 24.1. The van der Waals surface area contributed by atoms with Gasteiger partial charge in [-0.05, 0) is 0 Å². The molecule has 0 bridgehead atoms. The maximum atomic E-state index is 6.66. The minimum atomic E-state index is -3.24. The molecular weight excluding hydrogens is 463 g/mol. The third kappa shape index (κ3) is 6.94. The van der Waals surface area contributed by atoms with Crippen molar-refractivity contribution in [3.05, 3.63) is 58.7 Å². The van der Waals surface area contributed by atoms with Crippen molar-refractivity contribution in [2.75, 3.05) is 0 Å². The Kier molecular flexibility index (Phi) is 9.88. The van der Waals surface area contributed by atoms with Crippen LogP contribution in [0.5, 0.6) is 11.5 Å². The molecule has 0 aliphatic carbocycles. The van der Waals surface area contributed by atoms with Crippen LogP contribution in [-0.2, 0) is 25.7 Å². The first-order valence-corrected chi connectivity index (χ1v) is 19.6. The second-order valence-electron chi connectivity index (χ2n) is 8.31. The van der Waals surface area contributed by atoms with Gasteiger partial charge in [-0.3, -0.25) is 0 Å². The SMILES string of the molecule is CCCCc1cccc([O][Sn]([CH3])([CH3])[O]c2cccc(CCCC)c2CC)c1CC. The molecule has 0 heterocycles. The molecule has 2 aromatic carbocycles. The van der Waals surface area contributed by atoms with Gasteiger partial charge < -0.3 is 0 Å². The van der Waals surface area contributed by atoms with Gasteiger partial charge >= 0.3 is 184 Å². The molecule has 0 aliphatic heterocycles. The zero-order valence-electron chi connectivity index (χ0n) is 19.4. The van der Waals surface area contributed by atoms with E-state index < -0.39 is 19.2 Å². The van der Waals surface area contributed by atoms with Crippen LogP contribution in [0.4, 0.5) is 0 Å². The minimum absolute atomic E-state index is 1.00. The molecule has 2 rings (SSSR count). The molecule has 0 aromatic heterocycles. The molecule has 0 aliphatic rings. The van der Waals surface area contributed by atoms with Gasteiger partial charge in [0, 0.05) is 0 Å². The predicted molar refractivity (Wildman–Crippen MR) is 128 cm³/mol. The van der Waals surface area contributed by atoms with Crippen molar-refractivity contribution in [3.63, 3.8) is 0 Å². The zero-order chi connectivity index (χ0) is 21.3. The number of rotatable bonds is 12. The van der Waals surface area contributed by atoms with Crippen LogP contribution in [0.3, 0.4) is 0 Å². The summed E-state index contributed by atoms with van der Waals surface area (Å²) < 4.78 is 13.3. The van der Waals surface area contributed by atoms with Gasteiger partial charge in [-0.25, -0.2) is 0 Å². The van der Waals surface area contributed by atoms with E-state index in [1.807, 2.05) is 0 Å². The van der Waals surface area contributed by atoms with Crippen LogP contribution in [0.1, 0.15) is 75.6 Å². The van der Waals surface area contributed by atoms with E-state index in [4.69, 9.17) is 6.15 Å². The number of benzene rings is 2. The van der Waals surface area contributed by atoms with E-state index in [1.54, 1.807) is 0 Å². The Morgan fingerprint density at radius 2 is 1.07 bits per heavy atom. The first-order valence-electron chi connectivity index (χ1n) is 11.5. The molecule has 0 spiro atoms. The van der Waals surface area contributed by atoms with Gasteiger partial charge in [0.25, 0.3) is 0 Å². The summed E-state index contributed by atoms with van der Waals surface area (Å²) in [5, 5.41) is 0. The molecule has 29 heavy (non-hydrogen) atoms. The summed E-state index contributed by atoms with van der Waals surface area (Å²) in [7, 11) is 0. The Morgan fingerprint density at radius 3 is 1.41 bits per heavy atom. The topological polar surface area (TPSA) is 18.5 Å². The molecule has 0 saturated carbocycles. The second kappa shape index (κ2) is 11.9. The molecule has 0 N–H and O–H groups in total. The first-order chi connectivity index (χ1) is 14.0. The van der Waals surface area contributed by atoms with Crippen molar-refractivity contribution in [2.45, 2.75) is 88.9 Å². The average Bonchev–Trinajstić information content (AvgIpc) is 2.70. The van der Waals surface area contributed by atoms with Crippen LogP contribution >= 0.6 is 0 Å². The van der Waals surface area contributed by atoms with Crippen LogP contribution in [0, 0.1) is 0 Å². The summed E-state index contributed by atoms with van der Waals surface area (Å²) in [4.78, 5) is 4.45. The Labute approximate surface area is 184 Å². The third-order valence-electron chi connectivity index (χ3n) is 5.48. The van der Waals surface area contributed by atoms with Gasteiger partial charge in [0.15, 0.2) is 0 Å². The van der Waals surface area contributed by atoms with E-state index in [2.05, 4.69) is 74.0 Å². The standard InChI is InChI=1S/2C12H18O.2CH3.Sn/c2*1-3-5-7-10-8-6-9-12(13)11(10)4-2;;;/h2*6,8-9,13H,3-5,7H2,1-2H3;2*1H3;/q;;;;+2/p-2. The van der Waals surface area contributed by atoms with E-state index >= 15 is 0 Å². The van der Waals surface area contributed by atoms with Gasteiger partial charge in [0.2, 0.25) is 0 Å². The molecule has 2 aromatic rings. The van der Waals surface area contributed by atoms with E-state index in [0.717, 1.165) is 37.2 Å². The molecule has 0 unspecified atom stereocenters. The molecule has 2 nitrogen and oxygen atoms in total. The summed E-state index contributed by atoms with van der Waals surface area (Å²) in [6.45, 7) is 8.96. The number of hydrogen-bond acceptors (Lipinski definition) is 2. The number of unbranched alkanes of at least 4 members (excludes halogenated alkanes) is 2. The fourth-order valence-electron chi connectivity index (χ4n) is 3.97. The van der Waals surface area contributed by atoms with Gasteiger partial charge in [0.05, 0.1) is 0 Å². The molecule has 3 heteroatoms. The van der Waals surface area contributed by atoms with Crippen LogP contribution in [-0.4, -0.2) is 19.2 Å². The van der Waals surface area contributed by atoms with Gasteiger partial charge in [0.1, 0.15) is 0 Å². The normalized spacial score (nSPS) is 11.5. The molecule has 160 valence electrons. The maximum absolute atomic E-state index is 6.66. The Morgan fingerprint density at radius 1 is 0.655 bits per heavy atom. The molecular formula is C26H40O2Sn. The van der Waals surface area contributed by atoms with E-state index in [9.17, 15) is 0 Å². The van der Waals surface area contributed by atoms with Crippen molar-refractivity contribution in [1.29, 1.82) is 0 Å². The molecule has 0 fully saturated rings. The van der Waals surface area contributed by atoms with Gasteiger partial charge in [-0.2, -0.15) is 0 Å². The van der Waals surface area contributed by atoms with Crippen LogP contribution in [0.2, 0.25) is 9.88 Å². The van der Waals surface area contributed by atoms with Gasteiger partial charge in [-0.15, -0.1) is 0 Å². The zero-order valence-corrected chi connectivity index (χ0v) is 22.3. The van der Waals surface area contributed by atoms with E-state index in [1.165, 1.54) is 47.9 Å². The fourth-order valence-corrected chi connectivity index (χ4v) is 8.20. The van der Waals surface area contributed by atoms with Crippen molar-refractivity contribution in [1.82, 2.24) is 0 Å². The predicted octanol–water partition coefficient (Wildman–Crippen LogP) is 7.66. The van der Waals surface area contributed by atoms with E-state index in [-0.39, 0.29) is 0 Å². The van der Waals surface area contributed by atoms with Crippen LogP contribution in [0.25, 0.3) is 0 Å². The second-order valence-corrected chi connectivity index (χ2v) is 17.5. The van der Waals surface area contributed by atoms with Crippen molar-refractivity contribution in [2.24, 2.45) is 0 Å². The summed E-state index contributed by atoms with van der Waals surface area (Å²) in [5.74, 6) is 2.09. The number of hydrogen-bond donors (Lipinski definition) is 0. The van der Waals surface area contributed by atoms with Gasteiger partial charge in [-0.1, -0.05) is 0 Å². The number of aryl methyl sites for hydroxylation is 2. The Bertz CT molecular complexity index is 704. The summed E-state index contributed by atoms with van der Waals surface area (Å²) in [5.41, 5.74) is 5.60. The fraction of sp³-hybridized carbons (Fsp3) is 0.538. The van der Waals surface area contributed by atoms with Crippen molar-refractivity contribution in [3.8, 4) is 11.5 Å². The molecule has 0 amide bonds. The van der Waals surface area contributed by atoms with Crippen LogP contribution in [0.15, 0.2) is 36.4 Å². The summed E-state index contributed by atoms with van der Waals surface area (Å²) in [6, 6.07) is 13.1. The third-order valence-corrected chi connectivity index (χ3v) is 9.54. The van der Waals surface area contributed by atoms with Crippen molar-refractivity contribution >= 4 is 19.2 Å². The average molecular weight is 503 g/mol. The molecule has 0 saturated heterocycles.